The molecule has 0 aliphatic rings. The molecule has 2 N–H and O–H groups in total. The summed E-state index contributed by atoms with van der Waals surface area (Å²) in [6.07, 6.45) is 3.84. The topological polar surface area (TPSA) is 84.7 Å². The van der Waals surface area contributed by atoms with Gasteiger partial charge in [0.05, 0.1) is 5.69 Å². The summed E-state index contributed by atoms with van der Waals surface area (Å²) in [6.45, 7) is 3.63. The average molecular weight is 414 g/mol. The smallest absolute Gasteiger partial charge is 0.255 e. The lowest BCUT2D eigenvalue weighted by molar-refractivity contribution is -0.114. The number of pyridine rings is 1. The molecule has 0 radical (unpaired) electrons. The fourth-order valence-corrected chi connectivity index (χ4v) is 3.17. The van der Waals surface area contributed by atoms with Crippen LogP contribution in [0.25, 0.3) is 5.65 Å². The molecule has 2 heterocycles. The van der Waals surface area contributed by atoms with Crippen molar-refractivity contribution in [3.63, 3.8) is 0 Å². The molecule has 4 rings (SSSR count). The van der Waals surface area contributed by atoms with E-state index in [1.807, 2.05) is 48.0 Å². The number of carbonyl (C=O) groups is 2. The van der Waals surface area contributed by atoms with Crippen LogP contribution in [0.5, 0.6) is 5.75 Å². The first-order valence-electron chi connectivity index (χ1n) is 9.83. The first kappa shape index (κ1) is 20.2. The van der Waals surface area contributed by atoms with Crippen LogP contribution in [-0.2, 0) is 11.4 Å². The highest BCUT2D eigenvalue weighted by atomic mass is 16.5. The summed E-state index contributed by atoms with van der Waals surface area (Å²) in [7, 11) is 0. The Kier molecular flexibility index (Phi) is 5.66. The summed E-state index contributed by atoms with van der Waals surface area (Å²) in [5, 5.41) is 5.62. The summed E-state index contributed by atoms with van der Waals surface area (Å²) in [6, 6.07) is 18.1. The van der Waals surface area contributed by atoms with E-state index in [1.165, 1.54) is 6.92 Å². The lowest BCUT2D eigenvalue weighted by atomic mass is 10.1. The molecule has 0 aliphatic carbocycles. The Bertz CT molecular complexity index is 1230. The number of hydrogen-bond donors (Lipinski definition) is 2. The number of hydrogen-bond acceptors (Lipinski definition) is 4. The molecular formula is C24H22N4O3. The van der Waals surface area contributed by atoms with Crippen LogP contribution in [0.3, 0.4) is 0 Å². The van der Waals surface area contributed by atoms with Gasteiger partial charge in [0, 0.05) is 36.3 Å². The van der Waals surface area contributed by atoms with Gasteiger partial charge in [0.15, 0.2) is 0 Å². The fraction of sp³-hybridized carbons (Fsp3) is 0.125. The predicted octanol–water partition coefficient (Wildman–Crippen LogP) is 4.43. The van der Waals surface area contributed by atoms with Gasteiger partial charge in [-0.1, -0.05) is 18.2 Å². The maximum Gasteiger partial charge on any atom is 0.255 e. The van der Waals surface area contributed by atoms with Crippen LogP contribution in [-0.4, -0.2) is 21.2 Å². The van der Waals surface area contributed by atoms with Crippen molar-refractivity contribution in [1.29, 1.82) is 0 Å². The molecule has 2 amide bonds. The predicted molar refractivity (Wildman–Crippen MR) is 119 cm³/mol. The van der Waals surface area contributed by atoms with Crippen molar-refractivity contribution in [1.82, 2.24) is 9.38 Å². The number of nitrogens with zero attached hydrogens (tertiary/aromatic N) is 2. The fourth-order valence-electron chi connectivity index (χ4n) is 3.17. The number of imidazole rings is 1. The standard InChI is InChI=1S/C24H22N4O3/c1-16-9-10-19(13-22(16)25-17(2)29)27-24(30)18-6-5-7-21(12-18)31-15-20-14-28-11-4-3-8-23(28)26-20/h3-14H,15H2,1-2H3,(H,25,29)(H,27,30). The third-order valence-corrected chi connectivity index (χ3v) is 4.70. The van der Waals surface area contributed by atoms with E-state index < -0.39 is 0 Å². The number of amides is 2. The van der Waals surface area contributed by atoms with Gasteiger partial charge in [-0.05, 0) is 55.0 Å². The Hall–Kier alpha value is -4.13. The summed E-state index contributed by atoms with van der Waals surface area (Å²) in [5.41, 5.74) is 4.28. The molecule has 0 saturated carbocycles. The van der Waals surface area contributed by atoms with Crippen molar-refractivity contribution < 1.29 is 14.3 Å². The maximum absolute atomic E-state index is 12.7. The first-order valence-corrected chi connectivity index (χ1v) is 9.83. The van der Waals surface area contributed by atoms with Crippen LogP contribution in [0, 0.1) is 6.92 Å². The van der Waals surface area contributed by atoms with Gasteiger partial charge in [0.1, 0.15) is 18.0 Å². The zero-order chi connectivity index (χ0) is 21.8. The molecule has 2 aromatic heterocycles. The van der Waals surface area contributed by atoms with Crippen LogP contribution < -0.4 is 15.4 Å². The van der Waals surface area contributed by atoms with Gasteiger partial charge in [-0.15, -0.1) is 0 Å². The molecule has 4 aromatic rings. The zero-order valence-electron chi connectivity index (χ0n) is 17.3. The van der Waals surface area contributed by atoms with E-state index in [2.05, 4.69) is 15.6 Å². The molecule has 31 heavy (non-hydrogen) atoms. The number of aromatic nitrogens is 2. The van der Waals surface area contributed by atoms with Crippen molar-refractivity contribution in [3.8, 4) is 5.75 Å². The molecule has 0 unspecified atom stereocenters. The molecule has 0 fully saturated rings. The van der Waals surface area contributed by atoms with Gasteiger partial charge in [-0.2, -0.15) is 0 Å². The minimum atomic E-state index is -0.268. The van der Waals surface area contributed by atoms with E-state index in [-0.39, 0.29) is 11.8 Å². The van der Waals surface area contributed by atoms with Gasteiger partial charge < -0.3 is 19.8 Å². The molecule has 2 aromatic carbocycles. The number of carbonyl (C=O) groups excluding carboxylic acids is 2. The van der Waals surface area contributed by atoms with Crippen molar-refractivity contribution in [2.24, 2.45) is 0 Å². The Labute approximate surface area is 179 Å². The largest absolute Gasteiger partial charge is 0.487 e. The monoisotopic (exact) mass is 414 g/mol. The molecule has 7 nitrogen and oxygen atoms in total. The SMILES string of the molecule is CC(=O)Nc1cc(NC(=O)c2cccc(OCc3cn4ccccc4n3)c2)ccc1C. The maximum atomic E-state index is 12.7. The Morgan fingerprint density at radius 1 is 1.03 bits per heavy atom. The quantitative estimate of drug-likeness (QED) is 0.489. The Morgan fingerprint density at radius 3 is 2.71 bits per heavy atom. The molecule has 0 atom stereocenters. The second kappa shape index (κ2) is 8.71. The number of rotatable bonds is 6. The van der Waals surface area contributed by atoms with Gasteiger partial charge >= 0.3 is 0 Å². The lowest BCUT2D eigenvalue weighted by Gasteiger charge is -2.11. The van der Waals surface area contributed by atoms with E-state index in [0.717, 1.165) is 16.9 Å². The van der Waals surface area contributed by atoms with Crippen LogP contribution in [0.15, 0.2) is 73.1 Å². The number of anilines is 2. The zero-order valence-corrected chi connectivity index (χ0v) is 17.3. The molecule has 7 heteroatoms. The number of nitrogens with one attached hydrogen (secondary N) is 2. The lowest BCUT2D eigenvalue weighted by Crippen LogP contribution is -2.13. The molecule has 156 valence electrons. The third kappa shape index (κ3) is 4.90. The number of benzene rings is 2. The van der Waals surface area contributed by atoms with Crippen molar-refractivity contribution in [3.05, 3.63) is 89.9 Å². The summed E-state index contributed by atoms with van der Waals surface area (Å²) in [5.74, 6) is 0.144. The van der Waals surface area contributed by atoms with Crippen molar-refractivity contribution in [2.45, 2.75) is 20.5 Å². The van der Waals surface area contributed by atoms with Crippen LogP contribution in [0.1, 0.15) is 28.5 Å². The normalized spacial score (nSPS) is 10.6. The van der Waals surface area contributed by atoms with Crippen molar-refractivity contribution >= 4 is 28.8 Å². The van der Waals surface area contributed by atoms with Gasteiger partial charge in [-0.25, -0.2) is 4.98 Å². The number of fused-ring (bicyclic) bond motifs is 1. The summed E-state index contributed by atoms with van der Waals surface area (Å²) < 4.78 is 7.77. The van der Waals surface area contributed by atoms with Crippen molar-refractivity contribution in [2.75, 3.05) is 10.6 Å². The molecule has 0 aliphatic heterocycles. The van der Waals surface area contributed by atoms with Gasteiger partial charge in [-0.3, -0.25) is 9.59 Å². The second-order valence-electron chi connectivity index (χ2n) is 7.18. The van der Waals surface area contributed by atoms with E-state index in [4.69, 9.17) is 4.74 Å². The van der Waals surface area contributed by atoms with E-state index in [1.54, 1.807) is 36.4 Å². The van der Waals surface area contributed by atoms with Gasteiger partial charge in [0.2, 0.25) is 5.91 Å². The van der Waals surface area contributed by atoms with E-state index >= 15 is 0 Å². The minimum absolute atomic E-state index is 0.165. The third-order valence-electron chi connectivity index (χ3n) is 4.70. The molecular weight excluding hydrogens is 392 g/mol. The minimum Gasteiger partial charge on any atom is -0.487 e. The second-order valence-corrected chi connectivity index (χ2v) is 7.18. The highest BCUT2D eigenvalue weighted by molar-refractivity contribution is 6.05. The Morgan fingerprint density at radius 2 is 1.90 bits per heavy atom. The highest BCUT2D eigenvalue weighted by Gasteiger charge is 2.10. The first-order chi connectivity index (χ1) is 15.0. The highest BCUT2D eigenvalue weighted by Crippen LogP contribution is 2.22. The summed E-state index contributed by atoms with van der Waals surface area (Å²) in [4.78, 5) is 28.6. The van der Waals surface area contributed by atoms with Crippen LogP contribution in [0.4, 0.5) is 11.4 Å². The summed E-state index contributed by atoms with van der Waals surface area (Å²) >= 11 is 0. The number of aryl methyl sites for hydroxylation is 1. The average Bonchev–Trinajstić information content (AvgIpc) is 3.17. The molecule has 0 saturated heterocycles. The van der Waals surface area contributed by atoms with E-state index in [0.29, 0.717) is 29.3 Å². The van der Waals surface area contributed by atoms with Crippen LogP contribution >= 0.6 is 0 Å². The Balaban J connectivity index is 1.43. The molecule has 0 bridgehead atoms. The van der Waals surface area contributed by atoms with E-state index in [9.17, 15) is 9.59 Å². The number of ether oxygens (including phenoxy) is 1. The molecule has 0 spiro atoms. The van der Waals surface area contributed by atoms with Gasteiger partial charge in [0.25, 0.3) is 5.91 Å². The van der Waals surface area contributed by atoms with Crippen LogP contribution in [0.2, 0.25) is 0 Å².